The summed E-state index contributed by atoms with van der Waals surface area (Å²) < 4.78 is 14.0. The lowest BCUT2D eigenvalue weighted by Gasteiger charge is -2.07. The van der Waals surface area contributed by atoms with Crippen LogP contribution < -0.4 is 14.8 Å². The molecule has 0 unspecified atom stereocenters. The summed E-state index contributed by atoms with van der Waals surface area (Å²) in [6.45, 7) is 0.615. The van der Waals surface area contributed by atoms with E-state index in [0.717, 1.165) is 11.3 Å². The monoisotopic (exact) mass is 341 g/mol. The van der Waals surface area contributed by atoms with Gasteiger partial charge in [-0.1, -0.05) is 0 Å². The van der Waals surface area contributed by atoms with Gasteiger partial charge in [0, 0.05) is 31.5 Å². The van der Waals surface area contributed by atoms with Crippen LogP contribution in [0.25, 0.3) is 0 Å². The molecule has 0 radical (unpaired) electrons. The standard InChI is InChI=1S/C17H19N5O3/c1-21-11-13(10-19-21)9-18-17(23)16-7-8-22(20-16)12-25-15-5-3-14(24-2)4-6-15/h3-8,10-11H,9,12H2,1-2H3,(H,18,23). The maximum atomic E-state index is 12.1. The molecule has 3 rings (SSSR count). The summed E-state index contributed by atoms with van der Waals surface area (Å²) in [7, 11) is 3.44. The van der Waals surface area contributed by atoms with Crippen molar-refractivity contribution in [2.45, 2.75) is 13.3 Å². The molecule has 2 aromatic heterocycles. The zero-order valence-electron chi connectivity index (χ0n) is 14.0. The number of hydrogen-bond donors (Lipinski definition) is 1. The number of nitrogens with zero attached hydrogens (tertiary/aromatic N) is 4. The molecule has 130 valence electrons. The fourth-order valence-electron chi connectivity index (χ4n) is 2.20. The first-order chi connectivity index (χ1) is 12.1. The van der Waals surface area contributed by atoms with E-state index in [0.29, 0.717) is 18.0 Å². The molecule has 0 aliphatic rings. The predicted molar refractivity (Wildman–Crippen MR) is 90.2 cm³/mol. The minimum atomic E-state index is -0.243. The zero-order valence-corrected chi connectivity index (χ0v) is 14.0. The van der Waals surface area contributed by atoms with E-state index in [9.17, 15) is 4.79 Å². The number of benzene rings is 1. The normalized spacial score (nSPS) is 10.5. The molecule has 8 nitrogen and oxygen atoms in total. The third-order valence-corrected chi connectivity index (χ3v) is 3.51. The maximum absolute atomic E-state index is 12.1. The van der Waals surface area contributed by atoms with Gasteiger partial charge in [-0.3, -0.25) is 9.48 Å². The van der Waals surface area contributed by atoms with Crippen LogP contribution >= 0.6 is 0 Å². The van der Waals surface area contributed by atoms with E-state index in [-0.39, 0.29) is 12.6 Å². The van der Waals surface area contributed by atoms with Crippen LogP contribution in [0.5, 0.6) is 11.5 Å². The molecule has 0 fully saturated rings. The average molecular weight is 341 g/mol. The Bertz CT molecular complexity index is 838. The number of carbonyl (C=O) groups is 1. The third-order valence-electron chi connectivity index (χ3n) is 3.51. The van der Waals surface area contributed by atoms with E-state index < -0.39 is 0 Å². The highest BCUT2D eigenvalue weighted by Gasteiger charge is 2.10. The minimum Gasteiger partial charge on any atom is -0.497 e. The lowest BCUT2D eigenvalue weighted by Crippen LogP contribution is -2.23. The molecule has 0 spiro atoms. The van der Waals surface area contributed by atoms with Gasteiger partial charge in [0.05, 0.1) is 13.3 Å². The lowest BCUT2D eigenvalue weighted by atomic mass is 10.3. The molecule has 2 heterocycles. The molecule has 8 heteroatoms. The van der Waals surface area contributed by atoms with Crippen LogP contribution in [0.15, 0.2) is 48.9 Å². The summed E-state index contributed by atoms with van der Waals surface area (Å²) >= 11 is 0. The number of aryl methyl sites for hydroxylation is 1. The number of carbonyl (C=O) groups excluding carboxylic acids is 1. The van der Waals surface area contributed by atoms with Crippen LogP contribution in [-0.4, -0.2) is 32.6 Å². The van der Waals surface area contributed by atoms with E-state index >= 15 is 0 Å². The Hall–Kier alpha value is -3.29. The second-order valence-corrected chi connectivity index (χ2v) is 5.39. The number of aromatic nitrogens is 4. The summed E-state index contributed by atoms with van der Waals surface area (Å²) in [6.07, 6.45) is 5.26. The molecule has 0 aliphatic heterocycles. The van der Waals surface area contributed by atoms with Crippen molar-refractivity contribution < 1.29 is 14.3 Å². The average Bonchev–Trinajstić information content (AvgIpc) is 3.27. The van der Waals surface area contributed by atoms with Crippen molar-refractivity contribution >= 4 is 5.91 Å². The number of methoxy groups -OCH3 is 1. The van der Waals surface area contributed by atoms with E-state index in [1.165, 1.54) is 0 Å². The summed E-state index contributed by atoms with van der Waals surface area (Å²) in [5, 5.41) is 11.1. The summed E-state index contributed by atoms with van der Waals surface area (Å²) in [5.74, 6) is 1.21. The molecule has 1 aromatic carbocycles. The highest BCUT2D eigenvalue weighted by atomic mass is 16.5. The van der Waals surface area contributed by atoms with Crippen LogP contribution in [0.3, 0.4) is 0 Å². The molecule has 0 bridgehead atoms. The van der Waals surface area contributed by atoms with Gasteiger partial charge in [0.1, 0.15) is 17.2 Å². The maximum Gasteiger partial charge on any atom is 0.272 e. The van der Waals surface area contributed by atoms with Gasteiger partial charge in [0.25, 0.3) is 5.91 Å². The van der Waals surface area contributed by atoms with Crippen molar-refractivity contribution in [3.63, 3.8) is 0 Å². The van der Waals surface area contributed by atoms with Crippen molar-refractivity contribution in [3.05, 3.63) is 60.2 Å². The Morgan fingerprint density at radius 1 is 1.20 bits per heavy atom. The van der Waals surface area contributed by atoms with Gasteiger partial charge in [-0.2, -0.15) is 10.2 Å². The highest BCUT2D eigenvalue weighted by molar-refractivity contribution is 5.92. The molecule has 0 aliphatic carbocycles. The summed E-state index contributed by atoms with van der Waals surface area (Å²) in [4.78, 5) is 12.1. The van der Waals surface area contributed by atoms with Gasteiger partial charge in [-0.25, -0.2) is 4.68 Å². The van der Waals surface area contributed by atoms with Crippen molar-refractivity contribution in [3.8, 4) is 11.5 Å². The van der Waals surface area contributed by atoms with Gasteiger partial charge in [-0.15, -0.1) is 0 Å². The Morgan fingerprint density at radius 2 is 1.96 bits per heavy atom. The van der Waals surface area contributed by atoms with Gasteiger partial charge < -0.3 is 14.8 Å². The van der Waals surface area contributed by atoms with Crippen molar-refractivity contribution in [1.82, 2.24) is 24.9 Å². The predicted octanol–water partition coefficient (Wildman–Crippen LogP) is 1.59. The molecule has 0 saturated carbocycles. The third kappa shape index (κ3) is 4.37. The molecular formula is C17H19N5O3. The van der Waals surface area contributed by atoms with Crippen LogP contribution in [0, 0.1) is 0 Å². The van der Waals surface area contributed by atoms with Crippen LogP contribution in [0.2, 0.25) is 0 Å². The Labute approximate surface area is 145 Å². The Kier molecular flexibility index (Phi) is 4.98. The van der Waals surface area contributed by atoms with Gasteiger partial charge in [-0.05, 0) is 30.3 Å². The molecule has 1 N–H and O–H groups in total. The number of hydrogen-bond acceptors (Lipinski definition) is 5. The second kappa shape index (κ2) is 7.52. The fourth-order valence-corrected chi connectivity index (χ4v) is 2.20. The van der Waals surface area contributed by atoms with E-state index in [2.05, 4.69) is 15.5 Å². The SMILES string of the molecule is COc1ccc(OCn2ccc(C(=O)NCc3cnn(C)c3)n2)cc1. The largest absolute Gasteiger partial charge is 0.497 e. The highest BCUT2D eigenvalue weighted by Crippen LogP contribution is 2.17. The zero-order chi connectivity index (χ0) is 17.6. The van der Waals surface area contributed by atoms with Crippen molar-refractivity contribution in [2.75, 3.05) is 7.11 Å². The summed E-state index contributed by atoms with van der Waals surface area (Å²) in [5.41, 5.74) is 1.26. The molecule has 0 atom stereocenters. The molecule has 1 amide bonds. The van der Waals surface area contributed by atoms with Crippen LogP contribution in [-0.2, 0) is 20.3 Å². The number of amides is 1. The fraction of sp³-hybridized carbons (Fsp3) is 0.235. The van der Waals surface area contributed by atoms with Gasteiger partial charge >= 0.3 is 0 Å². The lowest BCUT2D eigenvalue weighted by molar-refractivity contribution is 0.0944. The van der Waals surface area contributed by atoms with E-state index in [1.54, 1.807) is 34.9 Å². The number of rotatable bonds is 7. The van der Waals surface area contributed by atoms with E-state index in [4.69, 9.17) is 9.47 Å². The first-order valence-electron chi connectivity index (χ1n) is 7.70. The second-order valence-electron chi connectivity index (χ2n) is 5.39. The quantitative estimate of drug-likeness (QED) is 0.706. The minimum absolute atomic E-state index is 0.211. The smallest absolute Gasteiger partial charge is 0.272 e. The topological polar surface area (TPSA) is 83.2 Å². The van der Waals surface area contributed by atoms with Crippen molar-refractivity contribution in [1.29, 1.82) is 0 Å². The number of nitrogens with one attached hydrogen (secondary N) is 1. The summed E-state index contributed by atoms with van der Waals surface area (Å²) in [6, 6.07) is 8.90. The Balaban J connectivity index is 1.51. The Morgan fingerprint density at radius 3 is 2.64 bits per heavy atom. The van der Waals surface area contributed by atoms with Crippen LogP contribution in [0.4, 0.5) is 0 Å². The molecular weight excluding hydrogens is 322 g/mol. The van der Waals surface area contributed by atoms with Crippen LogP contribution in [0.1, 0.15) is 16.1 Å². The van der Waals surface area contributed by atoms with Gasteiger partial charge in [0.2, 0.25) is 0 Å². The molecule has 25 heavy (non-hydrogen) atoms. The van der Waals surface area contributed by atoms with Crippen molar-refractivity contribution in [2.24, 2.45) is 7.05 Å². The van der Waals surface area contributed by atoms with E-state index in [1.807, 2.05) is 37.5 Å². The molecule has 0 saturated heterocycles. The first kappa shape index (κ1) is 16.6. The molecule has 3 aromatic rings. The first-order valence-corrected chi connectivity index (χ1v) is 7.70. The number of ether oxygens (including phenoxy) is 2. The van der Waals surface area contributed by atoms with Gasteiger partial charge in [0.15, 0.2) is 6.73 Å².